The van der Waals surface area contributed by atoms with Crippen LogP contribution in [-0.4, -0.2) is 159 Å². The van der Waals surface area contributed by atoms with E-state index in [0.717, 1.165) is 101 Å². The second kappa shape index (κ2) is 24.0. The van der Waals surface area contributed by atoms with E-state index in [1.807, 2.05) is 26.0 Å². The summed E-state index contributed by atoms with van der Waals surface area (Å²) in [4.78, 5) is 83.1. The Balaban J connectivity index is 0.000000186. The third-order valence-electron chi connectivity index (χ3n) is 16.3. The third-order valence-corrected chi connectivity index (χ3v) is 16.3. The lowest BCUT2D eigenvalue weighted by Gasteiger charge is -2.31. The number of nitrogens with zero attached hydrogens (tertiary/aromatic N) is 10. The molecule has 2 saturated heterocycles. The maximum Gasteiger partial charge on any atom is 0.251 e. The number of benzene rings is 2. The predicted octanol–water partition coefficient (Wildman–Crippen LogP) is 6.83. The van der Waals surface area contributed by atoms with E-state index in [9.17, 15) is 19.2 Å². The first-order valence-corrected chi connectivity index (χ1v) is 27.4. The SMILES string of the molecule is COc1cc(C(=O)NC2CCN(C)CC2)ccc1Nc1ncc2c(n1)N(C1CCCC1)C[C@@H](C)C(=O)N2C.COc1cc(C(=O)NC2CCN(C)CC2)ccc1Nc1ncc2c(n1)N(C1CCCC1)C[C@H](C)C(=O)N2C. The molecule has 4 aromatic rings. The van der Waals surface area contributed by atoms with E-state index in [0.29, 0.717) is 71.1 Å². The molecule has 408 valence electrons. The fourth-order valence-electron chi connectivity index (χ4n) is 11.6. The number of methoxy groups -OCH3 is 2. The van der Waals surface area contributed by atoms with Crippen LogP contribution in [-0.2, 0) is 9.59 Å². The number of nitrogens with one attached hydrogen (secondary N) is 4. The summed E-state index contributed by atoms with van der Waals surface area (Å²) in [5, 5.41) is 12.9. The van der Waals surface area contributed by atoms with Crippen LogP contribution in [0.3, 0.4) is 0 Å². The molecular formula is C56H78N14O6. The van der Waals surface area contributed by atoms with Crippen LogP contribution in [0.15, 0.2) is 48.8 Å². The molecule has 0 unspecified atom stereocenters. The second-order valence-corrected chi connectivity index (χ2v) is 21.8. The molecule has 0 spiro atoms. The van der Waals surface area contributed by atoms with Crippen molar-refractivity contribution >= 4 is 69.9 Å². The zero-order valence-electron chi connectivity index (χ0n) is 45.7. The molecule has 10 rings (SSSR count). The normalized spacial score (nSPS) is 21.3. The van der Waals surface area contributed by atoms with Crippen LogP contribution in [0.2, 0.25) is 0 Å². The van der Waals surface area contributed by atoms with E-state index < -0.39 is 0 Å². The van der Waals surface area contributed by atoms with E-state index in [-0.39, 0.29) is 47.5 Å². The highest BCUT2D eigenvalue weighted by molar-refractivity contribution is 6.00. The van der Waals surface area contributed by atoms with Crippen molar-refractivity contribution in [1.82, 2.24) is 40.4 Å². The molecule has 0 bridgehead atoms. The number of hydrogen-bond acceptors (Lipinski definition) is 16. The van der Waals surface area contributed by atoms with Crippen LogP contribution in [0.4, 0.5) is 46.3 Å². The van der Waals surface area contributed by atoms with Crippen molar-refractivity contribution in [1.29, 1.82) is 0 Å². The van der Waals surface area contributed by atoms with Crippen LogP contribution < -0.4 is 50.3 Å². The number of amides is 4. The number of fused-ring (bicyclic) bond motifs is 2. The summed E-state index contributed by atoms with van der Waals surface area (Å²) in [5.74, 6) is 3.18. The van der Waals surface area contributed by atoms with Crippen molar-refractivity contribution in [3.05, 3.63) is 59.9 Å². The Kier molecular flexibility index (Phi) is 17.1. The molecule has 20 nitrogen and oxygen atoms in total. The molecule has 6 aliphatic rings. The monoisotopic (exact) mass is 1040 g/mol. The standard InChI is InChI=1S/2C28H39N7O3/c2*1-18-17-35(21-7-5-6-8-21)25-23(34(3)27(18)37)16-29-28(32-25)31-22-10-9-19(15-24(22)38-4)26(36)30-20-11-13-33(2)14-12-20/h2*9-10,15-16,18,20-21H,5-8,11-14,17H2,1-4H3,(H,30,36)(H,29,31,32)/t2*18-/m10/s1. The number of carbonyl (C=O) groups is 4. The average Bonchev–Trinajstić information content (AvgIpc) is 4.17. The van der Waals surface area contributed by atoms with Gasteiger partial charge in [-0.25, -0.2) is 9.97 Å². The topological polar surface area (TPSA) is 206 Å². The minimum absolute atomic E-state index is 0.0758. The number of ether oxygens (including phenoxy) is 2. The fraction of sp³-hybridized carbons (Fsp3) is 0.571. The summed E-state index contributed by atoms with van der Waals surface area (Å²) in [6.45, 7) is 9.18. The van der Waals surface area contributed by atoms with Crippen molar-refractivity contribution in [3.63, 3.8) is 0 Å². The molecule has 2 atom stereocenters. The van der Waals surface area contributed by atoms with E-state index in [1.54, 1.807) is 74.8 Å². The highest BCUT2D eigenvalue weighted by Crippen LogP contribution is 2.40. The van der Waals surface area contributed by atoms with Gasteiger partial charge in [0.25, 0.3) is 11.8 Å². The second-order valence-electron chi connectivity index (χ2n) is 21.8. The average molecular weight is 1040 g/mol. The Hall–Kier alpha value is -6.80. The molecule has 4 aliphatic heterocycles. The first-order chi connectivity index (χ1) is 36.7. The minimum Gasteiger partial charge on any atom is -0.495 e. The number of aromatic nitrogens is 4. The summed E-state index contributed by atoms with van der Waals surface area (Å²) >= 11 is 0. The van der Waals surface area contributed by atoms with Crippen molar-refractivity contribution in [2.45, 2.75) is 115 Å². The third kappa shape index (κ3) is 12.2. The van der Waals surface area contributed by atoms with Gasteiger partial charge in [0.15, 0.2) is 11.6 Å². The number of carbonyl (C=O) groups excluding carboxylic acids is 4. The molecule has 20 heteroatoms. The molecular weight excluding hydrogens is 965 g/mol. The van der Waals surface area contributed by atoms with Gasteiger partial charge in [0.05, 0.1) is 49.8 Å². The Morgan fingerprint density at radius 2 is 0.921 bits per heavy atom. The first kappa shape index (κ1) is 54.0. The van der Waals surface area contributed by atoms with Gasteiger partial charge in [0, 0.05) is 62.5 Å². The van der Waals surface area contributed by atoms with Crippen molar-refractivity contribution in [2.75, 3.05) is 112 Å². The lowest BCUT2D eigenvalue weighted by Crippen LogP contribution is -2.43. The summed E-state index contributed by atoms with van der Waals surface area (Å²) in [6.07, 6.45) is 16.4. The number of anilines is 8. The van der Waals surface area contributed by atoms with Gasteiger partial charge in [0.1, 0.15) is 22.9 Å². The molecule has 2 aliphatic carbocycles. The van der Waals surface area contributed by atoms with Gasteiger partial charge in [-0.2, -0.15) is 9.97 Å². The van der Waals surface area contributed by atoms with Crippen molar-refractivity contribution in [2.24, 2.45) is 11.8 Å². The van der Waals surface area contributed by atoms with Crippen LogP contribution in [0.25, 0.3) is 0 Å². The molecule has 6 heterocycles. The highest BCUT2D eigenvalue weighted by atomic mass is 16.5. The highest BCUT2D eigenvalue weighted by Gasteiger charge is 2.37. The number of hydrogen-bond donors (Lipinski definition) is 4. The molecule has 2 aromatic heterocycles. The van der Waals surface area contributed by atoms with Crippen molar-refractivity contribution < 1.29 is 28.7 Å². The van der Waals surface area contributed by atoms with Crippen molar-refractivity contribution in [3.8, 4) is 11.5 Å². The van der Waals surface area contributed by atoms with E-state index >= 15 is 0 Å². The lowest BCUT2D eigenvalue weighted by atomic mass is 10.0. The maximum atomic E-state index is 12.9. The molecule has 4 amide bonds. The summed E-state index contributed by atoms with van der Waals surface area (Å²) in [7, 11) is 11.0. The Morgan fingerprint density at radius 3 is 1.28 bits per heavy atom. The fourth-order valence-corrected chi connectivity index (χ4v) is 11.6. The molecule has 2 aromatic carbocycles. The zero-order valence-corrected chi connectivity index (χ0v) is 45.7. The van der Waals surface area contributed by atoms with Gasteiger partial charge in [-0.1, -0.05) is 39.5 Å². The van der Waals surface area contributed by atoms with E-state index in [4.69, 9.17) is 19.4 Å². The number of likely N-dealkylation sites (tertiary alicyclic amines) is 2. The van der Waals surface area contributed by atoms with Gasteiger partial charge in [-0.3, -0.25) is 19.2 Å². The van der Waals surface area contributed by atoms with Crippen LogP contribution in [0.5, 0.6) is 11.5 Å². The quantitative estimate of drug-likeness (QED) is 0.115. The predicted molar refractivity (Wildman–Crippen MR) is 297 cm³/mol. The maximum absolute atomic E-state index is 12.9. The number of piperidine rings is 2. The van der Waals surface area contributed by atoms with Crippen LogP contribution in [0.1, 0.15) is 112 Å². The Bertz CT molecular complexity index is 2530. The molecule has 4 fully saturated rings. The van der Waals surface area contributed by atoms with Crippen LogP contribution in [0, 0.1) is 11.8 Å². The zero-order chi connectivity index (χ0) is 53.6. The summed E-state index contributed by atoms with van der Waals surface area (Å²) < 4.78 is 11.2. The molecule has 0 radical (unpaired) electrons. The minimum atomic E-state index is -0.125. The Morgan fingerprint density at radius 1 is 0.553 bits per heavy atom. The van der Waals surface area contributed by atoms with Gasteiger partial charge in [-0.15, -0.1) is 0 Å². The largest absolute Gasteiger partial charge is 0.495 e. The first-order valence-electron chi connectivity index (χ1n) is 27.4. The molecule has 76 heavy (non-hydrogen) atoms. The molecule has 4 N–H and O–H groups in total. The lowest BCUT2D eigenvalue weighted by molar-refractivity contribution is -0.122. The van der Waals surface area contributed by atoms with Gasteiger partial charge >= 0.3 is 0 Å². The van der Waals surface area contributed by atoms with Gasteiger partial charge < -0.3 is 60.1 Å². The van der Waals surface area contributed by atoms with Gasteiger partial charge in [-0.05, 0) is 128 Å². The summed E-state index contributed by atoms with van der Waals surface area (Å²) in [6, 6.07) is 11.8. The van der Waals surface area contributed by atoms with E-state index in [2.05, 4.69) is 64.9 Å². The number of rotatable bonds is 12. The van der Waals surface area contributed by atoms with Crippen LogP contribution >= 0.6 is 0 Å². The summed E-state index contributed by atoms with van der Waals surface area (Å²) in [5.41, 5.74) is 3.89. The molecule has 2 saturated carbocycles. The Labute approximate surface area is 447 Å². The van der Waals surface area contributed by atoms with Gasteiger partial charge in [0.2, 0.25) is 23.7 Å². The smallest absolute Gasteiger partial charge is 0.251 e. The van der Waals surface area contributed by atoms with E-state index in [1.165, 1.54) is 25.7 Å².